The lowest BCUT2D eigenvalue weighted by atomic mass is 9.92. The van der Waals surface area contributed by atoms with Gasteiger partial charge in [-0.05, 0) is 24.8 Å². The second kappa shape index (κ2) is 6.42. The molecule has 0 aliphatic carbocycles. The van der Waals surface area contributed by atoms with Gasteiger partial charge >= 0.3 is 0 Å². The Hall–Kier alpha value is -2.11. The number of hydrogen-bond acceptors (Lipinski definition) is 4. The van der Waals surface area contributed by atoms with Gasteiger partial charge in [0.1, 0.15) is 12.0 Å². The van der Waals surface area contributed by atoms with Crippen molar-refractivity contribution in [2.24, 2.45) is 13.0 Å². The Morgan fingerprint density at radius 2 is 2.04 bits per heavy atom. The first-order valence-electron chi connectivity index (χ1n) is 8.57. The van der Waals surface area contributed by atoms with Crippen LogP contribution in [0.5, 0.6) is 0 Å². The molecule has 0 bridgehead atoms. The first-order chi connectivity index (χ1) is 11.3. The molecule has 1 fully saturated rings. The van der Waals surface area contributed by atoms with Gasteiger partial charge in [-0.15, -0.1) is 0 Å². The Labute approximate surface area is 142 Å². The monoisotopic (exact) mass is 330 g/mol. The maximum Gasteiger partial charge on any atom is 0.274 e. The number of aromatic nitrogens is 3. The number of amides is 1. The molecule has 6 nitrogen and oxygen atoms in total. The molecule has 0 N–H and O–H groups in total. The second-order valence-electron chi connectivity index (χ2n) is 7.69. The fraction of sp³-hybridized carbons (Fsp3) is 0.611. The maximum absolute atomic E-state index is 12.4. The van der Waals surface area contributed by atoms with Gasteiger partial charge in [-0.1, -0.05) is 20.8 Å². The maximum atomic E-state index is 12.4. The molecule has 1 aliphatic rings. The summed E-state index contributed by atoms with van der Waals surface area (Å²) in [5, 5.41) is 4.20. The first kappa shape index (κ1) is 16.7. The molecular formula is C18H26N4O2. The number of carbonyl (C=O) groups excluding carboxylic acids is 1. The van der Waals surface area contributed by atoms with Crippen molar-refractivity contribution in [3.8, 4) is 0 Å². The third-order valence-corrected chi connectivity index (χ3v) is 4.62. The van der Waals surface area contributed by atoms with E-state index >= 15 is 0 Å². The summed E-state index contributed by atoms with van der Waals surface area (Å²) in [4.78, 5) is 18.9. The van der Waals surface area contributed by atoms with Gasteiger partial charge in [0.05, 0.1) is 5.69 Å². The highest BCUT2D eigenvalue weighted by atomic mass is 16.3. The number of nitrogens with zero attached hydrogens (tertiary/aromatic N) is 4. The van der Waals surface area contributed by atoms with E-state index in [0.29, 0.717) is 11.6 Å². The number of piperidine rings is 1. The number of likely N-dealkylation sites (tertiary alicyclic amines) is 1. The van der Waals surface area contributed by atoms with Crippen molar-refractivity contribution in [1.82, 2.24) is 19.7 Å². The summed E-state index contributed by atoms with van der Waals surface area (Å²) in [5.41, 5.74) is 1.54. The van der Waals surface area contributed by atoms with Crippen LogP contribution in [0.15, 0.2) is 22.9 Å². The van der Waals surface area contributed by atoms with E-state index in [1.807, 2.05) is 11.9 Å². The molecule has 0 spiro atoms. The third kappa shape index (κ3) is 3.68. The molecule has 0 saturated carbocycles. The zero-order valence-electron chi connectivity index (χ0n) is 15.0. The van der Waals surface area contributed by atoms with Crippen molar-refractivity contribution in [3.05, 3.63) is 35.8 Å². The van der Waals surface area contributed by atoms with Gasteiger partial charge in [0.2, 0.25) is 0 Å². The van der Waals surface area contributed by atoms with E-state index in [0.717, 1.165) is 43.9 Å². The van der Waals surface area contributed by atoms with Gasteiger partial charge in [0.25, 0.3) is 5.91 Å². The van der Waals surface area contributed by atoms with Gasteiger partial charge in [-0.2, -0.15) is 5.10 Å². The summed E-state index contributed by atoms with van der Waals surface area (Å²) in [6.45, 7) is 7.95. The van der Waals surface area contributed by atoms with Crippen molar-refractivity contribution in [1.29, 1.82) is 0 Å². The molecule has 130 valence electrons. The normalized spacial score (nSPS) is 16.6. The number of oxazole rings is 1. The van der Waals surface area contributed by atoms with Crippen LogP contribution in [-0.4, -0.2) is 38.7 Å². The van der Waals surface area contributed by atoms with Gasteiger partial charge < -0.3 is 9.32 Å². The standard InChI is InChI=1S/C18H26N4O2/c1-18(2,3)15-12-24-16(19-15)11-13-5-9-22(10-6-13)17(23)14-7-8-21(4)20-14/h7-8,12-13H,5-6,9-11H2,1-4H3. The highest BCUT2D eigenvalue weighted by Gasteiger charge is 2.26. The molecular weight excluding hydrogens is 304 g/mol. The summed E-state index contributed by atoms with van der Waals surface area (Å²) in [6, 6.07) is 1.77. The Morgan fingerprint density at radius 3 is 2.58 bits per heavy atom. The minimum atomic E-state index is 0.0141. The predicted molar refractivity (Wildman–Crippen MR) is 90.7 cm³/mol. The van der Waals surface area contributed by atoms with Crippen molar-refractivity contribution in [3.63, 3.8) is 0 Å². The molecule has 3 rings (SSSR count). The van der Waals surface area contributed by atoms with E-state index in [1.165, 1.54) is 0 Å². The molecule has 1 aliphatic heterocycles. The predicted octanol–water partition coefficient (Wildman–Crippen LogP) is 2.80. The Morgan fingerprint density at radius 1 is 1.33 bits per heavy atom. The molecule has 24 heavy (non-hydrogen) atoms. The van der Waals surface area contributed by atoms with E-state index in [2.05, 4.69) is 30.9 Å². The fourth-order valence-electron chi connectivity index (χ4n) is 3.03. The topological polar surface area (TPSA) is 64.2 Å². The average Bonchev–Trinajstić information content (AvgIpc) is 3.16. The van der Waals surface area contributed by atoms with Gasteiger partial charge in [-0.25, -0.2) is 4.98 Å². The van der Waals surface area contributed by atoms with Crippen molar-refractivity contribution >= 4 is 5.91 Å². The molecule has 3 heterocycles. The van der Waals surface area contributed by atoms with Crippen LogP contribution < -0.4 is 0 Å². The second-order valence-corrected chi connectivity index (χ2v) is 7.69. The molecule has 1 saturated heterocycles. The summed E-state index contributed by atoms with van der Waals surface area (Å²) in [6.07, 6.45) is 6.38. The van der Waals surface area contributed by atoms with Crippen LogP contribution in [0.4, 0.5) is 0 Å². The minimum absolute atomic E-state index is 0.0141. The molecule has 0 atom stereocenters. The Bertz CT molecular complexity index is 703. The van der Waals surface area contributed by atoms with Gasteiger partial charge in [0.15, 0.2) is 5.89 Å². The highest BCUT2D eigenvalue weighted by molar-refractivity contribution is 5.92. The third-order valence-electron chi connectivity index (χ3n) is 4.62. The van der Waals surface area contributed by atoms with Crippen LogP contribution in [0.25, 0.3) is 0 Å². The molecule has 2 aromatic heterocycles. The molecule has 0 radical (unpaired) electrons. The zero-order chi connectivity index (χ0) is 17.3. The van der Waals surface area contributed by atoms with Crippen LogP contribution in [0, 0.1) is 5.92 Å². The molecule has 2 aromatic rings. The highest BCUT2D eigenvalue weighted by Crippen LogP contribution is 2.25. The van der Waals surface area contributed by atoms with E-state index in [1.54, 1.807) is 23.2 Å². The minimum Gasteiger partial charge on any atom is -0.449 e. The summed E-state index contributed by atoms with van der Waals surface area (Å²) in [5.74, 6) is 1.36. The van der Waals surface area contributed by atoms with Crippen LogP contribution in [-0.2, 0) is 18.9 Å². The van der Waals surface area contributed by atoms with E-state index in [9.17, 15) is 4.79 Å². The van der Waals surface area contributed by atoms with Crippen molar-refractivity contribution in [2.75, 3.05) is 13.1 Å². The van der Waals surface area contributed by atoms with Crippen LogP contribution >= 0.6 is 0 Å². The quantitative estimate of drug-likeness (QED) is 0.868. The lowest BCUT2D eigenvalue weighted by Gasteiger charge is -2.31. The lowest BCUT2D eigenvalue weighted by Crippen LogP contribution is -2.39. The molecule has 0 unspecified atom stereocenters. The van der Waals surface area contributed by atoms with E-state index in [-0.39, 0.29) is 11.3 Å². The smallest absolute Gasteiger partial charge is 0.274 e. The number of aryl methyl sites for hydroxylation is 1. The Kier molecular flexibility index (Phi) is 4.47. The van der Waals surface area contributed by atoms with E-state index < -0.39 is 0 Å². The summed E-state index contributed by atoms with van der Waals surface area (Å²) in [7, 11) is 1.82. The molecule has 6 heteroatoms. The molecule has 0 aromatic carbocycles. The zero-order valence-corrected chi connectivity index (χ0v) is 15.0. The van der Waals surface area contributed by atoms with Gasteiger partial charge in [0, 0.05) is 38.2 Å². The lowest BCUT2D eigenvalue weighted by molar-refractivity contribution is 0.0681. The van der Waals surface area contributed by atoms with Crippen molar-refractivity contribution < 1.29 is 9.21 Å². The number of carbonyl (C=O) groups is 1. The van der Waals surface area contributed by atoms with Crippen LogP contribution in [0.2, 0.25) is 0 Å². The van der Waals surface area contributed by atoms with Crippen LogP contribution in [0.3, 0.4) is 0 Å². The van der Waals surface area contributed by atoms with E-state index in [4.69, 9.17) is 4.42 Å². The average molecular weight is 330 g/mol. The first-order valence-corrected chi connectivity index (χ1v) is 8.57. The Balaban J connectivity index is 1.54. The van der Waals surface area contributed by atoms with Crippen LogP contribution in [0.1, 0.15) is 55.7 Å². The summed E-state index contributed by atoms with van der Waals surface area (Å²) < 4.78 is 7.30. The SMILES string of the molecule is Cn1ccc(C(=O)N2CCC(Cc3nc(C(C)(C)C)co3)CC2)n1. The largest absolute Gasteiger partial charge is 0.449 e. The molecule has 1 amide bonds. The number of hydrogen-bond donors (Lipinski definition) is 0. The summed E-state index contributed by atoms with van der Waals surface area (Å²) >= 11 is 0. The van der Waals surface area contributed by atoms with Gasteiger partial charge in [-0.3, -0.25) is 9.48 Å². The fourth-order valence-corrected chi connectivity index (χ4v) is 3.03. The number of rotatable bonds is 3. The van der Waals surface area contributed by atoms with Crippen molar-refractivity contribution in [2.45, 2.75) is 45.4 Å².